The highest BCUT2D eigenvalue weighted by molar-refractivity contribution is 7.99. The van der Waals surface area contributed by atoms with Gasteiger partial charge in [0.1, 0.15) is 11.2 Å². The number of hydrogen-bond donors (Lipinski definition) is 1. The number of nitrogens with one attached hydrogen (secondary N) is 1. The second-order valence-corrected chi connectivity index (χ2v) is 11.7. The third-order valence-corrected chi connectivity index (χ3v) is 9.12. The van der Waals surface area contributed by atoms with E-state index in [0.717, 1.165) is 46.7 Å². The summed E-state index contributed by atoms with van der Waals surface area (Å²) in [4.78, 5) is 29.3. The zero-order chi connectivity index (χ0) is 22.6. The fourth-order valence-corrected chi connectivity index (χ4v) is 6.78. The molecule has 2 aromatic heterocycles. The molecule has 4 rings (SSSR count). The first-order valence-electron chi connectivity index (χ1n) is 12.3. The predicted molar refractivity (Wildman–Crippen MR) is 136 cm³/mol. The molecule has 2 aromatic rings. The van der Waals surface area contributed by atoms with Gasteiger partial charge in [-0.25, -0.2) is 0 Å². The Bertz CT molecular complexity index is 929. The van der Waals surface area contributed by atoms with Crippen molar-refractivity contribution >= 4 is 45.1 Å². The topological polar surface area (TPSA) is 54.3 Å². The zero-order valence-electron chi connectivity index (χ0n) is 19.5. The summed E-state index contributed by atoms with van der Waals surface area (Å²) in [5.41, 5.74) is 0.932. The van der Waals surface area contributed by atoms with Crippen molar-refractivity contribution in [3.63, 3.8) is 0 Å². The minimum atomic E-state index is -0.865. The van der Waals surface area contributed by atoms with Crippen LogP contribution in [0.4, 0.5) is 0 Å². The van der Waals surface area contributed by atoms with Crippen molar-refractivity contribution in [3.05, 3.63) is 23.2 Å². The molecule has 1 aliphatic carbocycles. The first-order chi connectivity index (χ1) is 15.5. The Morgan fingerprint density at radius 1 is 1.22 bits per heavy atom. The number of hydrogen-bond acceptors (Lipinski definition) is 4. The second-order valence-electron chi connectivity index (χ2n) is 9.50. The molecule has 2 aliphatic rings. The summed E-state index contributed by atoms with van der Waals surface area (Å²) < 4.78 is 3.20. The van der Waals surface area contributed by atoms with Crippen LogP contribution in [-0.2, 0) is 11.3 Å². The number of amides is 2. The maximum atomic E-state index is 13.8. The van der Waals surface area contributed by atoms with E-state index < -0.39 is 5.54 Å². The lowest BCUT2D eigenvalue weighted by Gasteiger charge is -2.44. The van der Waals surface area contributed by atoms with E-state index in [-0.39, 0.29) is 17.9 Å². The Balaban J connectivity index is 1.56. The summed E-state index contributed by atoms with van der Waals surface area (Å²) in [5, 5.41) is 5.44. The highest BCUT2D eigenvalue weighted by Gasteiger charge is 2.47. The largest absolute Gasteiger partial charge is 0.351 e. The molecule has 0 aromatic carbocycles. The van der Waals surface area contributed by atoms with Gasteiger partial charge in [-0.2, -0.15) is 11.8 Å². The molecular weight excluding hydrogens is 438 g/mol. The summed E-state index contributed by atoms with van der Waals surface area (Å²) in [6.45, 7) is 5.32. The number of thioether (sulfide) groups is 1. The normalized spacial score (nSPS) is 22.6. The van der Waals surface area contributed by atoms with Gasteiger partial charge < -0.3 is 14.8 Å². The molecule has 0 saturated heterocycles. The summed E-state index contributed by atoms with van der Waals surface area (Å²) in [5.74, 6) is 2.18. The van der Waals surface area contributed by atoms with Crippen molar-refractivity contribution in [2.75, 3.05) is 18.1 Å². The molecule has 0 unspecified atom stereocenters. The second kappa shape index (κ2) is 10.6. The number of fused-ring (bicyclic) bond motifs is 3. The van der Waals surface area contributed by atoms with Gasteiger partial charge in [-0.1, -0.05) is 39.0 Å². The van der Waals surface area contributed by atoms with Crippen molar-refractivity contribution in [2.24, 2.45) is 0 Å². The Hall–Kier alpha value is -1.47. The fourth-order valence-electron chi connectivity index (χ4n) is 5.14. The predicted octanol–water partition coefficient (Wildman–Crippen LogP) is 5.68. The lowest BCUT2D eigenvalue weighted by atomic mass is 9.92. The minimum absolute atomic E-state index is 0.00421. The lowest BCUT2D eigenvalue weighted by molar-refractivity contribution is -0.133. The van der Waals surface area contributed by atoms with Gasteiger partial charge in [0.15, 0.2) is 0 Å². The average Bonchev–Trinajstić information content (AvgIpc) is 3.34. The van der Waals surface area contributed by atoms with Crippen LogP contribution in [0.25, 0.3) is 10.2 Å². The monoisotopic (exact) mass is 475 g/mol. The summed E-state index contributed by atoms with van der Waals surface area (Å²) in [6, 6.07) is 4.30. The van der Waals surface area contributed by atoms with E-state index >= 15 is 0 Å². The first-order valence-corrected chi connectivity index (χ1v) is 14.4. The van der Waals surface area contributed by atoms with E-state index in [2.05, 4.69) is 28.3 Å². The summed E-state index contributed by atoms with van der Waals surface area (Å²) in [7, 11) is 0. The quantitative estimate of drug-likeness (QED) is 0.500. The molecule has 1 atom stereocenters. The molecule has 1 saturated carbocycles. The van der Waals surface area contributed by atoms with Gasteiger partial charge in [0, 0.05) is 12.6 Å². The number of carbonyl (C=O) groups excluding carboxylic acids is 2. The Kier molecular flexibility index (Phi) is 7.87. The highest BCUT2D eigenvalue weighted by Crippen LogP contribution is 2.35. The van der Waals surface area contributed by atoms with Crippen LogP contribution in [0.15, 0.2) is 17.5 Å². The maximum absolute atomic E-state index is 13.8. The molecule has 0 spiro atoms. The average molecular weight is 476 g/mol. The van der Waals surface area contributed by atoms with E-state index in [9.17, 15) is 9.59 Å². The molecule has 3 heterocycles. The van der Waals surface area contributed by atoms with Crippen LogP contribution in [-0.4, -0.2) is 50.9 Å². The smallest absolute Gasteiger partial charge is 0.271 e. The number of nitrogens with zero attached hydrogens (tertiary/aromatic N) is 2. The molecule has 5 nitrogen and oxygen atoms in total. The molecule has 32 heavy (non-hydrogen) atoms. The maximum Gasteiger partial charge on any atom is 0.271 e. The molecule has 176 valence electrons. The Morgan fingerprint density at radius 2 is 1.97 bits per heavy atom. The van der Waals surface area contributed by atoms with E-state index in [1.807, 2.05) is 29.7 Å². The minimum Gasteiger partial charge on any atom is -0.351 e. The Labute approximate surface area is 200 Å². The van der Waals surface area contributed by atoms with Gasteiger partial charge in [0.05, 0.1) is 16.8 Å². The molecular formula is C25H37N3O2S2. The molecule has 0 radical (unpaired) electrons. The molecule has 2 amide bonds. The number of aromatic nitrogens is 1. The van der Waals surface area contributed by atoms with Crippen molar-refractivity contribution in [2.45, 2.75) is 89.8 Å². The molecule has 1 N–H and O–H groups in total. The van der Waals surface area contributed by atoms with Crippen LogP contribution >= 0.6 is 23.1 Å². The van der Waals surface area contributed by atoms with Gasteiger partial charge >= 0.3 is 0 Å². The van der Waals surface area contributed by atoms with E-state index in [1.54, 1.807) is 11.3 Å². The molecule has 0 bridgehead atoms. The van der Waals surface area contributed by atoms with Crippen LogP contribution in [0.5, 0.6) is 0 Å². The van der Waals surface area contributed by atoms with Gasteiger partial charge in [-0.05, 0) is 61.6 Å². The molecule has 1 fully saturated rings. The summed E-state index contributed by atoms with van der Waals surface area (Å²) in [6.07, 6.45) is 10.4. The highest BCUT2D eigenvalue weighted by atomic mass is 32.2. The van der Waals surface area contributed by atoms with Gasteiger partial charge in [0.2, 0.25) is 5.91 Å². The van der Waals surface area contributed by atoms with Crippen LogP contribution in [0.2, 0.25) is 0 Å². The van der Waals surface area contributed by atoms with E-state index in [0.29, 0.717) is 13.1 Å². The van der Waals surface area contributed by atoms with Crippen molar-refractivity contribution in [1.82, 2.24) is 14.8 Å². The fraction of sp³-hybridized carbons (Fsp3) is 0.680. The van der Waals surface area contributed by atoms with Gasteiger partial charge in [-0.3, -0.25) is 9.59 Å². The van der Waals surface area contributed by atoms with Gasteiger partial charge in [-0.15, -0.1) is 11.3 Å². The van der Waals surface area contributed by atoms with Gasteiger partial charge in [0.25, 0.3) is 5.91 Å². The molecule has 7 heteroatoms. The van der Waals surface area contributed by atoms with E-state index in [1.165, 1.54) is 38.5 Å². The van der Waals surface area contributed by atoms with Crippen molar-refractivity contribution in [1.29, 1.82) is 0 Å². The zero-order valence-corrected chi connectivity index (χ0v) is 21.2. The third-order valence-electron chi connectivity index (χ3n) is 7.00. The number of thiophene rings is 1. The van der Waals surface area contributed by atoms with E-state index in [4.69, 9.17) is 0 Å². The van der Waals surface area contributed by atoms with Crippen LogP contribution in [0, 0.1) is 0 Å². The molecule has 1 aliphatic heterocycles. The first kappa shape index (κ1) is 23.7. The number of rotatable bonds is 8. The van der Waals surface area contributed by atoms with Crippen molar-refractivity contribution in [3.8, 4) is 0 Å². The SMILES string of the molecule is CCCSCCCN1C(=O)c2cc3sccc3n2C[C@]1(C)C(=O)NC1CCCCCCC1. The Morgan fingerprint density at radius 3 is 2.72 bits per heavy atom. The lowest BCUT2D eigenvalue weighted by Crippen LogP contribution is -2.65. The van der Waals surface area contributed by atoms with Crippen LogP contribution in [0.3, 0.4) is 0 Å². The van der Waals surface area contributed by atoms with Crippen LogP contribution in [0.1, 0.15) is 82.1 Å². The number of carbonyl (C=O) groups is 2. The van der Waals surface area contributed by atoms with Crippen molar-refractivity contribution < 1.29 is 9.59 Å². The standard InChI is InChI=1S/C25H37N3O2S2/c1-3-14-31-15-9-13-28-23(29)21-17-22-20(12-16-32-22)27(21)18-25(28,2)24(30)26-19-10-7-5-4-6-8-11-19/h12,16-17,19H,3-11,13-15,18H2,1-2H3,(H,26,30)/t25-/m1/s1. The third kappa shape index (κ3) is 4.89. The summed E-state index contributed by atoms with van der Waals surface area (Å²) >= 11 is 3.59. The van der Waals surface area contributed by atoms with Crippen LogP contribution < -0.4 is 5.32 Å².